The lowest BCUT2D eigenvalue weighted by Crippen LogP contribution is -2.32. The summed E-state index contributed by atoms with van der Waals surface area (Å²) in [6.07, 6.45) is 4.83. The molecule has 0 bridgehead atoms. The Labute approximate surface area is 196 Å². The van der Waals surface area contributed by atoms with E-state index in [2.05, 4.69) is 19.9 Å². The molecule has 1 aliphatic carbocycles. The second-order valence-corrected chi connectivity index (χ2v) is 10.5. The molecule has 1 saturated carbocycles. The zero-order valence-corrected chi connectivity index (χ0v) is 19.8. The molecule has 0 spiro atoms. The summed E-state index contributed by atoms with van der Waals surface area (Å²) >= 11 is 1.24. The maximum absolute atomic E-state index is 12.4. The maximum Gasteiger partial charge on any atom is 0.422 e. The normalized spacial score (nSPS) is 25.7. The van der Waals surface area contributed by atoms with E-state index in [4.69, 9.17) is 4.74 Å². The van der Waals surface area contributed by atoms with E-state index in [-0.39, 0.29) is 17.1 Å². The minimum Gasteiger partial charge on any atom is -0.460 e. The smallest absolute Gasteiger partial charge is 0.422 e. The Kier molecular flexibility index (Phi) is 7.83. The van der Waals surface area contributed by atoms with E-state index in [0.717, 1.165) is 67.9 Å². The van der Waals surface area contributed by atoms with Gasteiger partial charge in [0.05, 0.1) is 11.4 Å². The molecule has 1 aromatic rings. The van der Waals surface area contributed by atoms with E-state index < -0.39 is 12.8 Å². The van der Waals surface area contributed by atoms with Crippen LogP contribution in [0.2, 0.25) is 0 Å². The molecule has 182 valence electrons. The van der Waals surface area contributed by atoms with Crippen LogP contribution >= 0.6 is 11.3 Å². The van der Waals surface area contributed by atoms with Gasteiger partial charge in [-0.15, -0.1) is 0 Å². The number of hydrogen-bond donors (Lipinski definition) is 0. The van der Waals surface area contributed by atoms with Gasteiger partial charge in [0.2, 0.25) is 0 Å². The molecule has 1 fully saturated rings. The minimum absolute atomic E-state index is 0.0463. The first-order chi connectivity index (χ1) is 15.7. The lowest BCUT2D eigenvalue weighted by molar-refractivity contribution is -0.153. The Morgan fingerprint density at radius 3 is 2.70 bits per heavy atom. The molecule has 10 heteroatoms. The van der Waals surface area contributed by atoms with Crippen molar-refractivity contribution >= 4 is 29.0 Å². The van der Waals surface area contributed by atoms with Gasteiger partial charge in [-0.2, -0.15) is 13.2 Å². The number of hydrogen-bond acceptors (Lipinski definition) is 7. The summed E-state index contributed by atoms with van der Waals surface area (Å²) in [5, 5.41) is 0.119. The van der Waals surface area contributed by atoms with Crippen LogP contribution in [-0.4, -0.2) is 59.6 Å². The number of halogens is 3. The average molecular weight is 485 g/mol. The molecule has 1 unspecified atom stereocenters. The van der Waals surface area contributed by atoms with E-state index in [1.54, 1.807) is 6.21 Å². The number of fused-ring (bicyclic) bond motifs is 1. The van der Waals surface area contributed by atoms with Crippen LogP contribution in [-0.2, 0) is 17.8 Å². The molecule has 3 aliphatic rings. The van der Waals surface area contributed by atoms with Crippen molar-refractivity contribution in [1.29, 1.82) is 0 Å². The molecule has 0 saturated heterocycles. The number of carbonyl (C=O) groups is 1. The molecule has 1 atom stereocenters. The number of ether oxygens (including phenoxy) is 1. The van der Waals surface area contributed by atoms with Gasteiger partial charge in [-0.1, -0.05) is 24.2 Å². The highest BCUT2D eigenvalue weighted by Gasteiger charge is 2.30. The second-order valence-electron chi connectivity index (χ2n) is 9.41. The minimum atomic E-state index is -4.34. The SMILES string of the molecule is CC1N=CC(CC(=O)CC2CCC(CCN3CCc4sc(OCC(F)(F)F)nc4C3)CC2)=N1. The van der Waals surface area contributed by atoms with Crippen molar-refractivity contribution in [3.63, 3.8) is 0 Å². The Morgan fingerprint density at radius 2 is 2.00 bits per heavy atom. The fourth-order valence-electron chi connectivity index (χ4n) is 4.90. The molecule has 4 rings (SSSR count). The predicted octanol–water partition coefficient (Wildman–Crippen LogP) is 4.86. The van der Waals surface area contributed by atoms with Crippen molar-refractivity contribution in [2.24, 2.45) is 21.8 Å². The second kappa shape index (κ2) is 10.6. The highest BCUT2D eigenvalue weighted by atomic mass is 32.1. The summed E-state index contributed by atoms with van der Waals surface area (Å²) in [5.74, 6) is 1.42. The van der Waals surface area contributed by atoms with Gasteiger partial charge in [0.25, 0.3) is 5.19 Å². The van der Waals surface area contributed by atoms with Crippen LogP contribution in [0.5, 0.6) is 5.19 Å². The fraction of sp³-hybridized carbons (Fsp3) is 0.739. The van der Waals surface area contributed by atoms with Crippen molar-refractivity contribution < 1.29 is 22.7 Å². The monoisotopic (exact) mass is 484 g/mol. The third-order valence-electron chi connectivity index (χ3n) is 6.65. The largest absolute Gasteiger partial charge is 0.460 e. The summed E-state index contributed by atoms with van der Waals surface area (Å²) in [6.45, 7) is 3.18. The summed E-state index contributed by atoms with van der Waals surface area (Å²) in [7, 11) is 0. The third-order valence-corrected chi connectivity index (χ3v) is 7.72. The Bertz CT molecular complexity index is 891. The van der Waals surface area contributed by atoms with Gasteiger partial charge in [0.1, 0.15) is 11.9 Å². The van der Waals surface area contributed by atoms with Crippen molar-refractivity contribution in [2.75, 3.05) is 19.7 Å². The molecule has 0 N–H and O–H groups in total. The molecule has 0 aromatic carbocycles. The highest BCUT2D eigenvalue weighted by Crippen LogP contribution is 2.34. The van der Waals surface area contributed by atoms with E-state index in [1.165, 1.54) is 11.3 Å². The van der Waals surface area contributed by atoms with E-state index in [9.17, 15) is 18.0 Å². The summed E-state index contributed by atoms with van der Waals surface area (Å²) in [4.78, 5) is 28.6. The Balaban J connectivity index is 1.14. The number of aliphatic imine (C=N–C) groups is 2. The molecule has 0 amide bonds. The fourth-order valence-corrected chi connectivity index (χ4v) is 5.81. The summed E-state index contributed by atoms with van der Waals surface area (Å²) < 4.78 is 41.9. The van der Waals surface area contributed by atoms with E-state index in [1.807, 2.05) is 6.92 Å². The van der Waals surface area contributed by atoms with Crippen molar-refractivity contribution in [3.05, 3.63) is 10.6 Å². The Morgan fingerprint density at radius 1 is 1.24 bits per heavy atom. The molecule has 33 heavy (non-hydrogen) atoms. The highest BCUT2D eigenvalue weighted by molar-refractivity contribution is 7.13. The molecular formula is C23H31F3N4O2S. The number of nitrogens with zero attached hydrogens (tertiary/aromatic N) is 4. The molecular weight excluding hydrogens is 453 g/mol. The first-order valence-electron chi connectivity index (χ1n) is 11.8. The predicted molar refractivity (Wildman–Crippen MR) is 122 cm³/mol. The summed E-state index contributed by atoms with van der Waals surface area (Å²) in [5.41, 5.74) is 1.67. The van der Waals surface area contributed by atoms with Crippen LogP contribution < -0.4 is 4.74 Å². The lowest BCUT2D eigenvalue weighted by Gasteiger charge is -2.31. The average Bonchev–Trinajstić information content (AvgIpc) is 3.36. The number of alkyl halides is 3. The van der Waals surface area contributed by atoms with Gasteiger partial charge in [-0.3, -0.25) is 19.7 Å². The first kappa shape index (κ1) is 24.3. The number of Topliss-reactive ketones (excluding diaryl/α,β-unsaturated/α-hetero) is 1. The quantitative estimate of drug-likeness (QED) is 0.502. The molecule has 3 heterocycles. The lowest BCUT2D eigenvalue weighted by atomic mass is 9.78. The van der Waals surface area contributed by atoms with Crippen molar-refractivity contribution in [3.8, 4) is 5.19 Å². The molecule has 1 aromatic heterocycles. The Hall–Kier alpha value is -1.81. The molecule has 6 nitrogen and oxygen atoms in total. The standard InChI is InChI=1S/C23H31F3N4O2S/c1-15-27-12-18(28-15)11-19(31)10-17-4-2-16(3-5-17)6-8-30-9-7-21-20(13-30)29-22(33-21)32-14-23(24,25)26/h12,15-17H,2-11,13-14H2,1H3. The van der Waals surface area contributed by atoms with Crippen LogP contribution in [0, 0.1) is 11.8 Å². The number of rotatable bonds is 9. The van der Waals surface area contributed by atoms with Gasteiger partial charge >= 0.3 is 6.18 Å². The molecule has 2 aliphatic heterocycles. The van der Waals surface area contributed by atoms with E-state index in [0.29, 0.717) is 31.2 Å². The van der Waals surface area contributed by atoms with Gasteiger partial charge in [0.15, 0.2) is 6.61 Å². The van der Waals surface area contributed by atoms with Gasteiger partial charge < -0.3 is 4.74 Å². The van der Waals surface area contributed by atoms with Crippen molar-refractivity contribution in [1.82, 2.24) is 9.88 Å². The molecule has 0 radical (unpaired) electrons. The number of thiazole rings is 1. The van der Waals surface area contributed by atoms with Crippen LogP contribution in [0.3, 0.4) is 0 Å². The zero-order valence-electron chi connectivity index (χ0n) is 18.9. The maximum atomic E-state index is 12.4. The zero-order chi connectivity index (χ0) is 23.4. The summed E-state index contributed by atoms with van der Waals surface area (Å²) in [6, 6.07) is 0. The number of ketones is 1. The van der Waals surface area contributed by atoms with Crippen LogP contribution in [0.1, 0.15) is 62.4 Å². The van der Waals surface area contributed by atoms with E-state index >= 15 is 0 Å². The van der Waals surface area contributed by atoms with Gasteiger partial charge in [0, 0.05) is 37.0 Å². The van der Waals surface area contributed by atoms with Crippen LogP contribution in [0.25, 0.3) is 0 Å². The topological polar surface area (TPSA) is 67.2 Å². The van der Waals surface area contributed by atoms with Gasteiger partial charge in [-0.25, -0.2) is 4.98 Å². The van der Waals surface area contributed by atoms with Gasteiger partial charge in [-0.05, 0) is 51.0 Å². The first-order valence-corrected chi connectivity index (χ1v) is 12.6. The van der Waals surface area contributed by atoms with Crippen LogP contribution in [0.15, 0.2) is 9.98 Å². The van der Waals surface area contributed by atoms with Crippen molar-refractivity contribution in [2.45, 2.75) is 77.2 Å². The van der Waals surface area contributed by atoms with Crippen LogP contribution in [0.4, 0.5) is 13.2 Å². The third kappa shape index (κ3) is 7.34. The number of carbonyl (C=O) groups excluding carboxylic acids is 1. The number of aromatic nitrogens is 1.